The van der Waals surface area contributed by atoms with Crippen LogP contribution in [-0.4, -0.2) is 51.2 Å². The fraction of sp³-hybridized carbons (Fsp3) is 0.550. The Labute approximate surface area is 153 Å². The fourth-order valence-electron chi connectivity index (χ4n) is 4.23. The number of nitrogens with zero attached hydrogens (tertiary/aromatic N) is 3. The van der Waals surface area contributed by atoms with E-state index in [2.05, 4.69) is 18.8 Å². The molecule has 3 heterocycles. The maximum Gasteiger partial charge on any atom is 0.228 e. The number of aromatic nitrogens is 2. The average molecular weight is 354 g/mol. The summed E-state index contributed by atoms with van der Waals surface area (Å²) in [4.78, 5) is 37.2. The lowest BCUT2D eigenvalue weighted by Gasteiger charge is -2.26. The van der Waals surface area contributed by atoms with Gasteiger partial charge in [-0.05, 0) is 30.9 Å². The van der Waals surface area contributed by atoms with Crippen molar-refractivity contribution in [3.63, 3.8) is 0 Å². The number of likely N-dealkylation sites (tertiary alicyclic amines) is 2. The van der Waals surface area contributed by atoms with Gasteiger partial charge in [0.15, 0.2) is 0 Å². The highest BCUT2D eigenvalue weighted by atomic mass is 16.2. The summed E-state index contributed by atoms with van der Waals surface area (Å²) in [6.07, 6.45) is 2.24. The maximum atomic E-state index is 13.1. The van der Waals surface area contributed by atoms with E-state index in [0.29, 0.717) is 18.9 Å². The summed E-state index contributed by atoms with van der Waals surface area (Å²) in [6, 6.07) is 7.93. The molecule has 2 unspecified atom stereocenters. The van der Waals surface area contributed by atoms with Gasteiger partial charge in [0.25, 0.3) is 0 Å². The molecule has 138 valence electrons. The molecule has 1 N–H and O–H groups in total. The van der Waals surface area contributed by atoms with Gasteiger partial charge in [-0.25, -0.2) is 4.98 Å². The zero-order valence-corrected chi connectivity index (χ0v) is 15.4. The number of hydrogen-bond donors (Lipinski definition) is 1. The molecular formula is C20H26N4O2. The number of amides is 2. The molecule has 1 aromatic carbocycles. The van der Waals surface area contributed by atoms with Gasteiger partial charge in [0.05, 0.1) is 23.0 Å². The molecule has 2 aliphatic heterocycles. The minimum atomic E-state index is -0.216. The van der Waals surface area contributed by atoms with E-state index < -0.39 is 0 Å². The second kappa shape index (κ2) is 6.74. The average Bonchev–Trinajstić information content (AvgIpc) is 3.31. The van der Waals surface area contributed by atoms with E-state index in [1.165, 1.54) is 0 Å². The Kier molecular flexibility index (Phi) is 4.42. The molecule has 6 heteroatoms. The van der Waals surface area contributed by atoms with E-state index >= 15 is 0 Å². The molecule has 0 radical (unpaired) electrons. The summed E-state index contributed by atoms with van der Waals surface area (Å²) >= 11 is 0. The van der Waals surface area contributed by atoms with Crippen LogP contribution in [-0.2, 0) is 9.59 Å². The number of hydrogen-bond acceptors (Lipinski definition) is 3. The minimum absolute atomic E-state index is 0.0100. The van der Waals surface area contributed by atoms with E-state index in [4.69, 9.17) is 4.98 Å². The topological polar surface area (TPSA) is 69.3 Å². The fourth-order valence-corrected chi connectivity index (χ4v) is 4.23. The van der Waals surface area contributed by atoms with Crippen LogP contribution in [0.4, 0.5) is 0 Å². The van der Waals surface area contributed by atoms with Gasteiger partial charge in [-0.3, -0.25) is 9.59 Å². The first-order valence-electron chi connectivity index (χ1n) is 9.56. The van der Waals surface area contributed by atoms with Crippen molar-refractivity contribution in [2.45, 2.75) is 39.2 Å². The summed E-state index contributed by atoms with van der Waals surface area (Å²) in [6.45, 7) is 6.23. The van der Waals surface area contributed by atoms with Crippen molar-refractivity contribution in [3.8, 4) is 0 Å². The Bertz CT molecular complexity index is 795. The SMILES string of the molecule is CC(C)CN1CC(C(=O)N2CCCC2c2nc3ccccc3[nH]2)CC1=O. The van der Waals surface area contributed by atoms with Gasteiger partial charge in [-0.2, -0.15) is 0 Å². The first-order chi connectivity index (χ1) is 12.5. The Balaban J connectivity index is 1.51. The van der Waals surface area contributed by atoms with Crippen molar-refractivity contribution >= 4 is 22.8 Å². The summed E-state index contributed by atoms with van der Waals surface area (Å²) in [5.74, 6) is 1.28. The molecule has 1 aromatic heterocycles. The number of carbonyl (C=O) groups is 2. The minimum Gasteiger partial charge on any atom is -0.342 e. The molecule has 6 nitrogen and oxygen atoms in total. The van der Waals surface area contributed by atoms with Crippen molar-refractivity contribution in [1.82, 2.24) is 19.8 Å². The van der Waals surface area contributed by atoms with Crippen LogP contribution < -0.4 is 0 Å². The lowest BCUT2D eigenvalue weighted by molar-refractivity contribution is -0.136. The summed E-state index contributed by atoms with van der Waals surface area (Å²) < 4.78 is 0. The second-order valence-electron chi connectivity index (χ2n) is 7.92. The summed E-state index contributed by atoms with van der Waals surface area (Å²) in [5.41, 5.74) is 1.93. The largest absolute Gasteiger partial charge is 0.342 e. The maximum absolute atomic E-state index is 13.1. The molecule has 0 spiro atoms. The molecular weight excluding hydrogens is 328 g/mol. The Hall–Kier alpha value is -2.37. The number of carbonyl (C=O) groups excluding carboxylic acids is 2. The van der Waals surface area contributed by atoms with Crippen molar-refractivity contribution < 1.29 is 9.59 Å². The second-order valence-corrected chi connectivity index (χ2v) is 7.92. The Morgan fingerprint density at radius 3 is 2.92 bits per heavy atom. The molecule has 2 aromatic rings. The Morgan fingerprint density at radius 1 is 1.35 bits per heavy atom. The zero-order chi connectivity index (χ0) is 18.3. The molecule has 0 aliphatic carbocycles. The standard InChI is InChI=1S/C20H26N4O2/c1-13(2)11-23-12-14(10-18(23)25)20(26)24-9-5-8-17(24)19-21-15-6-3-4-7-16(15)22-19/h3-4,6-7,13-14,17H,5,8-12H2,1-2H3,(H,21,22). The normalized spacial score (nSPS) is 23.6. The number of H-pyrrole nitrogens is 1. The van der Waals surface area contributed by atoms with Crippen molar-refractivity contribution in [2.75, 3.05) is 19.6 Å². The highest BCUT2D eigenvalue weighted by Gasteiger charge is 2.40. The van der Waals surface area contributed by atoms with Crippen LogP contribution in [0, 0.1) is 11.8 Å². The van der Waals surface area contributed by atoms with E-state index in [0.717, 1.165) is 42.8 Å². The lowest BCUT2D eigenvalue weighted by Crippen LogP contribution is -2.37. The third-order valence-electron chi connectivity index (χ3n) is 5.41. The molecule has 2 amide bonds. The number of para-hydroxylation sites is 2. The number of nitrogens with one attached hydrogen (secondary N) is 1. The summed E-state index contributed by atoms with van der Waals surface area (Å²) in [5, 5.41) is 0. The molecule has 0 saturated carbocycles. The smallest absolute Gasteiger partial charge is 0.228 e. The van der Waals surface area contributed by atoms with Crippen LogP contribution in [0.15, 0.2) is 24.3 Å². The van der Waals surface area contributed by atoms with Crippen molar-refractivity contribution in [2.24, 2.45) is 11.8 Å². The van der Waals surface area contributed by atoms with Crippen LogP contribution in [0.3, 0.4) is 0 Å². The van der Waals surface area contributed by atoms with Crippen LogP contribution >= 0.6 is 0 Å². The molecule has 2 fully saturated rings. The number of fused-ring (bicyclic) bond motifs is 1. The highest BCUT2D eigenvalue weighted by molar-refractivity contribution is 5.89. The van der Waals surface area contributed by atoms with E-state index in [1.54, 1.807) is 0 Å². The van der Waals surface area contributed by atoms with Gasteiger partial charge in [0.1, 0.15) is 5.82 Å². The van der Waals surface area contributed by atoms with E-state index in [1.807, 2.05) is 34.1 Å². The molecule has 2 aliphatic rings. The van der Waals surface area contributed by atoms with Gasteiger partial charge in [0.2, 0.25) is 11.8 Å². The number of rotatable bonds is 4. The van der Waals surface area contributed by atoms with E-state index in [9.17, 15) is 9.59 Å². The van der Waals surface area contributed by atoms with Gasteiger partial charge in [-0.15, -0.1) is 0 Å². The molecule has 0 bridgehead atoms. The quantitative estimate of drug-likeness (QED) is 0.918. The molecule has 2 saturated heterocycles. The highest BCUT2D eigenvalue weighted by Crippen LogP contribution is 2.34. The van der Waals surface area contributed by atoms with Crippen LogP contribution in [0.5, 0.6) is 0 Å². The van der Waals surface area contributed by atoms with Crippen molar-refractivity contribution in [1.29, 1.82) is 0 Å². The first kappa shape index (κ1) is 17.1. The van der Waals surface area contributed by atoms with Gasteiger partial charge in [0, 0.05) is 26.1 Å². The monoisotopic (exact) mass is 354 g/mol. The lowest BCUT2D eigenvalue weighted by atomic mass is 10.1. The number of aromatic amines is 1. The van der Waals surface area contributed by atoms with Gasteiger partial charge < -0.3 is 14.8 Å². The van der Waals surface area contributed by atoms with Gasteiger partial charge >= 0.3 is 0 Å². The Morgan fingerprint density at radius 2 is 2.15 bits per heavy atom. The molecule has 2 atom stereocenters. The zero-order valence-electron chi connectivity index (χ0n) is 15.4. The predicted molar refractivity (Wildman–Crippen MR) is 99.3 cm³/mol. The third kappa shape index (κ3) is 3.08. The summed E-state index contributed by atoms with van der Waals surface area (Å²) in [7, 11) is 0. The van der Waals surface area contributed by atoms with Gasteiger partial charge in [-0.1, -0.05) is 26.0 Å². The first-order valence-corrected chi connectivity index (χ1v) is 9.56. The molecule has 4 rings (SSSR count). The third-order valence-corrected chi connectivity index (χ3v) is 5.41. The van der Waals surface area contributed by atoms with E-state index in [-0.39, 0.29) is 23.8 Å². The molecule has 26 heavy (non-hydrogen) atoms. The van der Waals surface area contributed by atoms with Crippen LogP contribution in [0.25, 0.3) is 11.0 Å². The number of imidazole rings is 1. The van der Waals surface area contributed by atoms with Crippen LogP contribution in [0.2, 0.25) is 0 Å². The number of benzene rings is 1. The van der Waals surface area contributed by atoms with Crippen molar-refractivity contribution in [3.05, 3.63) is 30.1 Å². The van der Waals surface area contributed by atoms with Crippen LogP contribution in [0.1, 0.15) is 45.0 Å². The predicted octanol–water partition coefficient (Wildman–Crippen LogP) is 2.73.